The van der Waals surface area contributed by atoms with Crippen molar-refractivity contribution in [3.63, 3.8) is 0 Å². The maximum Gasteiger partial charge on any atom is 0.156 e. The largest absolute Gasteiger partial charge is 0.492 e. The van der Waals surface area contributed by atoms with Crippen molar-refractivity contribution in [3.05, 3.63) is 52.6 Å². The summed E-state index contributed by atoms with van der Waals surface area (Å²) in [5, 5.41) is 0. The lowest BCUT2D eigenvalue weighted by Crippen LogP contribution is -2.43. The summed E-state index contributed by atoms with van der Waals surface area (Å²) >= 11 is 0. The molecule has 4 nitrogen and oxygen atoms in total. The fourth-order valence-corrected chi connectivity index (χ4v) is 7.22. The topological polar surface area (TPSA) is 46.6 Å². The summed E-state index contributed by atoms with van der Waals surface area (Å²) in [6.07, 6.45) is 7.36. The Kier molecular flexibility index (Phi) is 5.84. The number of ether oxygens (including phenoxy) is 1. The minimum Gasteiger partial charge on any atom is -0.492 e. The van der Waals surface area contributed by atoms with Crippen LogP contribution in [-0.4, -0.2) is 43.7 Å². The highest BCUT2D eigenvalue weighted by molar-refractivity contribution is 5.93. The van der Waals surface area contributed by atoms with E-state index in [1.807, 2.05) is 20.2 Å². The number of rotatable bonds is 5. The van der Waals surface area contributed by atoms with E-state index >= 15 is 0 Å². The van der Waals surface area contributed by atoms with E-state index in [2.05, 4.69) is 43.0 Å². The Morgan fingerprint density at radius 1 is 1.09 bits per heavy atom. The molecule has 5 atom stereocenters. The molecule has 1 aromatic rings. The monoisotopic (exact) mass is 447 g/mol. The van der Waals surface area contributed by atoms with Crippen LogP contribution < -0.4 is 4.74 Å². The molecule has 0 aromatic heterocycles. The summed E-state index contributed by atoms with van der Waals surface area (Å²) in [7, 11) is 4.09. The molecule has 3 unspecified atom stereocenters. The zero-order valence-electron chi connectivity index (χ0n) is 20.5. The molecule has 2 fully saturated rings. The van der Waals surface area contributed by atoms with E-state index in [0.717, 1.165) is 44.4 Å². The van der Waals surface area contributed by atoms with Gasteiger partial charge in [0, 0.05) is 30.2 Å². The predicted octanol–water partition coefficient (Wildman–Crippen LogP) is 5.34. The summed E-state index contributed by atoms with van der Waals surface area (Å²) in [5.41, 5.74) is 5.30. The third-order valence-corrected chi connectivity index (χ3v) is 8.83. The molecule has 1 aromatic carbocycles. The Labute approximate surface area is 198 Å². The summed E-state index contributed by atoms with van der Waals surface area (Å²) in [4.78, 5) is 27.6. The van der Waals surface area contributed by atoms with Crippen molar-refractivity contribution in [1.82, 2.24) is 4.90 Å². The zero-order valence-corrected chi connectivity index (χ0v) is 20.5. The van der Waals surface area contributed by atoms with Gasteiger partial charge in [-0.3, -0.25) is 9.59 Å². The average Bonchev–Trinajstić information content (AvgIpc) is 3.02. The Balaban J connectivity index is 1.53. The average molecular weight is 448 g/mol. The van der Waals surface area contributed by atoms with Gasteiger partial charge in [0.1, 0.15) is 18.1 Å². The number of hydrogen-bond donors (Lipinski definition) is 0. The number of ketones is 2. The lowest BCUT2D eigenvalue weighted by atomic mass is 9.53. The lowest BCUT2D eigenvalue weighted by molar-refractivity contribution is -0.130. The Hall–Kier alpha value is -2.20. The lowest BCUT2D eigenvalue weighted by Gasteiger charge is -2.50. The molecule has 0 aliphatic heterocycles. The molecule has 4 aliphatic rings. The molecule has 4 aliphatic carbocycles. The molecule has 2 saturated carbocycles. The minimum absolute atomic E-state index is 0.155. The molecule has 0 bridgehead atoms. The summed E-state index contributed by atoms with van der Waals surface area (Å²) in [5.74, 6) is 2.92. The number of carbonyl (C=O) groups excluding carboxylic acids is 2. The van der Waals surface area contributed by atoms with Crippen LogP contribution in [0.4, 0.5) is 0 Å². The van der Waals surface area contributed by atoms with Crippen LogP contribution in [0.1, 0.15) is 63.9 Å². The molecule has 0 spiro atoms. The van der Waals surface area contributed by atoms with Crippen molar-refractivity contribution in [2.75, 3.05) is 27.2 Å². The van der Waals surface area contributed by atoms with Crippen LogP contribution in [0, 0.1) is 23.2 Å². The molecule has 4 heteroatoms. The highest BCUT2D eigenvalue weighted by Gasteiger charge is 2.58. The standard InChI is InChI=1S/C29H37NO3/c1-18-15-26-24-11-7-20-16-21(31)8-12-23(20)27(24)25(17-29(26,2)28(18)32)19-5-9-22(10-6-19)33-14-13-30(3)4/h5-6,9-10,16,18,24-26H,7-8,11-15,17H2,1-4H3/t18?,24?,25-,26?,29+/m1/s1. The van der Waals surface area contributed by atoms with Crippen LogP contribution >= 0.6 is 0 Å². The zero-order chi connectivity index (χ0) is 23.3. The first-order valence-electron chi connectivity index (χ1n) is 12.7. The van der Waals surface area contributed by atoms with Crippen molar-refractivity contribution < 1.29 is 14.3 Å². The Bertz CT molecular complexity index is 1020. The number of allylic oxidation sites excluding steroid dienone is 4. The second kappa shape index (κ2) is 8.54. The molecule has 176 valence electrons. The molecule has 33 heavy (non-hydrogen) atoms. The Morgan fingerprint density at radius 2 is 1.85 bits per heavy atom. The van der Waals surface area contributed by atoms with E-state index in [1.165, 1.54) is 16.7 Å². The van der Waals surface area contributed by atoms with Gasteiger partial charge in [0.15, 0.2) is 5.78 Å². The third-order valence-electron chi connectivity index (χ3n) is 8.83. The molecule has 0 N–H and O–H groups in total. The van der Waals surface area contributed by atoms with Crippen LogP contribution in [0.5, 0.6) is 5.75 Å². The maximum atomic E-state index is 13.4. The Morgan fingerprint density at radius 3 is 2.58 bits per heavy atom. The number of likely N-dealkylation sites (N-methyl/N-ethyl adjacent to an activating group) is 1. The van der Waals surface area contributed by atoms with Gasteiger partial charge in [-0.2, -0.15) is 0 Å². The smallest absolute Gasteiger partial charge is 0.156 e. The number of carbonyl (C=O) groups is 2. The maximum absolute atomic E-state index is 13.4. The second-order valence-electron chi connectivity index (χ2n) is 11.2. The van der Waals surface area contributed by atoms with E-state index in [0.29, 0.717) is 30.6 Å². The molecule has 0 heterocycles. The molecular formula is C29H37NO3. The predicted molar refractivity (Wildman–Crippen MR) is 130 cm³/mol. The molecular weight excluding hydrogens is 410 g/mol. The van der Waals surface area contributed by atoms with Gasteiger partial charge in [0.25, 0.3) is 0 Å². The van der Waals surface area contributed by atoms with Crippen molar-refractivity contribution in [3.8, 4) is 5.75 Å². The molecule has 0 amide bonds. The van der Waals surface area contributed by atoms with E-state index in [1.54, 1.807) is 5.57 Å². The summed E-state index contributed by atoms with van der Waals surface area (Å²) in [6, 6.07) is 8.59. The fourth-order valence-electron chi connectivity index (χ4n) is 7.22. The van der Waals surface area contributed by atoms with Crippen LogP contribution in [-0.2, 0) is 9.59 Å². The van der Waals surface area contributed by atoms with Gasteiger partial charge >= 0.3 is 0 Å². The number of benzene rings is 1. The summed E-state index contributed by atoms with van der Waals surface area (Å²) in [6.45, 7) is 5.92. The van der Waals surface area contributed by atoms with Gasteiger partial charge in [-0.15, -0.1) is 0 Å². The highest BCUT2D eigenvalue weighted by atomic mass is 16.5. The molecule has 0 saturated heterocycles. The first-order chi connectivity index (χ1) is 15.8. The van der Waals surface area contributed by atoms with Gasteiger partial charge in [-0.05, 0) is 93.0 Å². The minimum atomic E-state index is -0.245. The van der Waals surface area contributed by atoms with Crippen molar-refractivity contribution in [2.24, 2.45) is 23.2 Å². The summed E-state index contributed by atoms with van der Waals surface area (Å²) < 4.78 is 5.93. The van der Waals surface area contributed by atoms with Gasteiger partial charge in [0.05, 0.1) is 0 Å². The molecule has 5 rings (SSSR count). The number of Topliss-reactive ketones (excluding diaryl/α,β-unsaturated/α-hetero) is 1. The fraction of sp³-hybridized carbons (Fsp3) is 0.586. The highest BCUT2D eigenvalue weighted by Crippen LogP contribution is 2.63. The van der Waals surface area contributed by atoms with Crippen molar-refractivity contribution in [2.45, 2.75) is 58.3 Å². The van der Waals surface area contributed by atoms with Crippen LogP contribution in [0.25, 0.3) is 0 Å². The second-order valence-corrected chi connectivity index (χ2v) is 11.2. The van der Waals surface area contributed by atoms with Crippen LogP contribution in [0.15, 0.2) is 47.1 Å². The first-order valence-corrected chi connectivity index (χ1v) is 12.7. The SMILES string of the molecule is CC1CC2C3CCC4=CC(=O)CCC4=C3[C@@H](c3ccc(OCCN(C)C)cc3)C[C@]2(C)C1=O. The van der Waals surface area contributed by atoms with Gasteiger partial charge < -0.3 is 9.64 Å². The van der Waals surface area contributed by atoms with Crippen LogP contribution in [0.3, 0.4) is 0 Å². The third kappa shape index (κ3) is 3.90. The number of hydrogen-bond acceptors (Lipinski definition) is 4. The molecule has 0 radical (unpaired) electrons. The quantitative estimate of drug-likeness (QED) is 0.611. The van der Waals surface area contributed by atoms with Gasteiger partial charge in [-0.25, -0.2) is 0 Å². The van der Waals surface area contributed by atoms with E-state index in [4.69, 9.17) is 4.74 Å². The number of nitrogens with zero attached hydrogens (tertiary/aromatic N) is 1. The van der Waals surface area contributed by atoms with Crippen LogP contribution in [0.2, 0.25) is 0 Å². The van der Waals surface area contributed by atoms with Crippen molar-refractivity contribution in [1.29, 1.82) is 0 Å². The normalized spacial score (nSPS) is 33.5. The van der Waals surface area contributed by atoms with E-state index in [-0.39, 0.29) is 23.0 Å². The number of fused-ring (bicyclic) bond motifs is 4. The van der Waals surface area contributed by atoms with Crippen molar-refractivity contribution >= 4 is 11.6 Å². The first kappa shape index (κ1) is 22.6. The van der Waals surface area contributed by atoms with Gasteiger partial charge in [-0.1, -0.05) is 31.6 Å². The van der Waals surface area contributed by atoms with Gasteiger partial charge in [0.2, 0.25) is 0 Å². The van der Waals surface area contributed by atoms with E-state index < -0.39 is 0 Å². The van der Waals surface area contributed by atoms with E-state index in [9.17, 15) is 9.59 Å².